The zero-order valence-electron chi connectivity index (χ0n) is 15.5. The van der Waals surface area contributed by atoms with Crippen LogP contribution in [0.1, 0.15) is 26.3 Å². The first-order valence-electron chi connectivity index (χ1n) is 8.31. The number of nitrogens with one attached hydrogen (secondary N) is 3. The Morgan fingerprint density at radius 3 is 2.38 bits per heavy atom. The molecule has 0 spiro atoms. The number of esters is 1. The van der Waals surface area contributed by atoms with Crippen molar-refractivity contribution < 1.29 is 14.3 Å². The molecule has 2 aromatic rings. The van der Waals surface area contributed by atoms with E-state index in [0.717, 1.165) is 5.56 Å². The lowest BCUT2D eigenvalue weighted by molar-refractivity contribution is 0.0601. The van der Waals surface area contributed by atoms with Crippen LogP contribution >= 0.6 is 47.0 Å². The molecular formula is C19H18Cl3N3O3S. The van der Waals surface area contributed by atoms with Crippen molar-refractivity contribution in [1.82, 2.24) is 10.6 Å². The van der Waals surface area contributed by atoms with Crippen LogP contribution in [0.2, 0.25) is 0 Å². The largest absolute Gasteiger partial charge is 0.465 e. The predicted octanol–water partition coefficient (Wildman–Crippen LogP) is 4.19. The number of carbonyl (C=O) groups excluding carboxylic acids is 2. The van der Waals surface area contributed by atoms with Crippen LogP contribution in [0.5, 0.6) is 0 Å². The highest BCUT2D eigenvalue weighted by Gasteiger charge is 2.35. The van der Waals surface area contributed by atoms with Crippen molar-refractivity contribution in [2.24, 2.45) is 0 Å². The van der Waals surface area contributed by atoms with Crippen molar-refractivity contribution in [1.29, 1.82) is 0 Å². The Morgan fingerprint density at radius 2 is 1.76 bits per heavy atom. The maximum Gasteiger partial charge on any atom is 0.339 e. The summed E-state index contributed by atoms with van der Waals surface area (Å²) in [6.07, 6.45) is -1.15. The zero-order valence-corrected chi connectivity index (χ0v) is 18.5. The molecule has 29 heavy (non-hydrogen) atoms. The van der Waals surface area contributed by atoms with Gasteiger partial charge in [-0.05, 0) is 43.4 Å². The minimum Gasteiger partial charge on any atom is -0.465 e. The number of benzene rings is 2. The Labute approximate surface area is 188 Å². The van der Waals surface area contributed by atoms with E-state index in [2.05, 4.69) is 16.0 Å². The van der Waals surface area contributed by atoms with Gasteiger partial charge in [0, 0.05) is 5.56 Å². The fraction of sp³-hybridized carbons (Fsp3) is 0.211. The summed E-state index contributed by atoms with van der Waals surface area (Å²) in [6.45, 7) is 1.86. The molecule has 1 atom stereocenters. The number of thiocarbonyl (C=S) groups is 1. The number of ether oxygens (including phenoxy) is 1. The van der Waals surface area contributed by atoms with E-state index >= 15 is 0 Å². The Morgan fingerprint density at radius 1 is 1.07 bits per heavy atom. The maximum atomic E-state index is 12.5. The number of anilines is 1. The number of rotatable bonds is 5. The molecule has 0 saturated heterocycles. The average molecular weight is 475 g/mol. The molecule has 0 radical (unpaired) electrons. The molecule has 1 amide bonds. The van der Waals surface area contributed by atoms with Crippen molar-refractivity contribution in [3.8, 4) is 0 Å². The third-order valence-corrected chi connectivity index (χ3v) is 4.61. The zero-order chi connectivity index (χ0) is 21.6. The van der Waals surface area contributed by atoms with E-state index in [0.29, 0.717) is 11.3 Å². The van der Waals surface area contributed by atoms with E-state index in [9.17, 15) is 9.59 Å². The van der Waals surface area contributed by atoms with Gasteiger partial charge in [0.2, 0.25) is 3.79 Å². The molecule has 0 aromatic heterocycles. The van der Waals surface area contributed by atoms with Gasteiger partial charge in [-0.15, -0.1) is 0 Å². The molecule has 0 bridgehead atoms. The molecule has 1 unspecified atom stereocenters. The van der Waals surface area contributed by atoms with Crippen molar-refractivity contribution in [2.45, 2.75) is 16.9 Å². The first-order valence-corrected chi connectivity index (χ1v) is 9.85. The number of alkyl halides is 3. The van der Waals surface area contributed by atoms with Gasteiger partial charge >= 0.3 is 5.97 Å². The molecule has 0 fully saturated rings. The summed E-state index contributed by atoms with van der Waals surface area (Å²) >= 11 is 23.3. The second kappa shape index (κ2) is 10.1. The standard InChI is InChI=1S/C19H18Cl3N3O3S/c1-11-6-5-7-12(10-11)15(26)24-17(19(20,21)22)25-18(29)23-14-9-4-3-8-13(14)16(27)28-2/h3-10,17H,1-2H3,(H,24,26)(H2,23,25,29). The average Bonchev–Trinajstić information content (AvgIpc) is 2.66. The molecule has 0 heterocycles. The van der Waals surface area contributed by atoms with Crippen LogP contribution in [0.3, 0.4) is 0 Å². The highest BCUT2D eigenvalue weighted by atomic mass is 35.6. The third kappa shape index (κ3) is 6.75. The summed E-state index contributed by atoms with van der Waals surface area (Å²) in [5, 5.41) is 8.22. The summed E-state index contributed by atoms with van der Waals surface area (Å²) < 4.78 is 2.83. The van der Waals surface area contributed by atoms with Crippen molar-refractivity contribution >= 4 is 69.7 Å². The monoisotopic (exact) mass is 473 g/mol. The number of para-hydroxylation sites is 1. The number of methoxy groups -OCH3 is 1. The minimum absolute atomic E-state index is 0.0298. The lowest BCUT2D eigenvalue weighted by Crippen LogP contribution is -2.56. The van der Waals surface area contributed by atoms with Crippen LogP contribution in [0.25, 0.3) is 0 Å². The minimum atomic E-state index is -1.91. The number of halogens is 3. The summed E-state index contributed by atoms with van der Waals surface area (Å²) in [4.78, 5) is 24.4. The van der Waals surface area contributed by atoms with Gasteiger partial charge < -0.3 is 20.7 Å². The van der Waals surface area contributed by atoms with Crippen LogP contribution in [0.4, 0.5) is 5.69 Å². The van der Waals surface area contributed by atoms with E-state index in [4.69, 9.17) is 51.8 Å². The SMILES string of the molecule is COC(=O)c1ccccc1NC(=S)NC(NC(=O)c1cccc(C)c1)C(Cl)(Cl)Cl. The van der Waals surface area contributed by atoms with Gasteiger partial charge in [0.1, 0.15) is 6.17 Å². The molecule has 3 N–H and O–H groups in total. The van der Waals surface area contributed by atoms with Gasteiger partial charge in [-0.25, -0.2) is 4.79 Å². The fourth-order valence-corrected chi connectivity index (χ4v) is 2.93. The Balaban J connectivity index is 2.14. The first-order chi connectivity index (χ1) is 13.6. The van der Waals surface area contributed by atoms with E-state index in [-0.39, 0.29) is 10.7 Å². The van der Waals surface area contributed by atoms with Gasteiger partial charge in [0.15, 0.2) is 5.11 Å². The second-order valence-electron chi connectivity index (χ2n) is 5.95. The molecule has 6 nitrogen and oxygen atoms in total. The second-order valence-corrected chi connectivity index (χ2v) is 8.73. The molecule has 2 rings (SSSR count). The quantitative estimate of drug-likeness (QED) is 0.261. The molecule has 10 heteroatoms. The number of aryl methyl sites for hydroxylation is 1. The molecule has 0 saturated carbocycles. The number of carbonyl (C=O) groups is 2. The van der Waals surface area contributed by atoms with E-state index in [1.807, 2.05) is 13.0 Å². The van der Waals surface area contributed by atoms with Crippen LogP contribution in [-0.4, -0.2) is 34.1 Å². The smallest absolute Gasteiger partial charge is 0.339 e. The summed E-state index contributed by atoms with van der Waals surface area (Å²) in [7, 11) is 1.27. The molecule has 0 aliphatic rings. The molecule has 0 aliphatic heterocycles. The third-order valence-electron chi connectivity index (χ3n) is 3.74. The Bertz CT molecular complexity index is 919. The predicted molar refractivity (Wildman–Crippen MR) is 120 cm³/mol. The van der Waals surface area contributed by atoms with E-state index in [1.54, 1.807) is 42.5 Å². The fourth-order valence-electron chi connectivity index (χ4n) is 2.37. The maximum absolute atomic E-state index is 12.5. The van der Waals surface area contributed by atoms with E-state index in [1.165, 1.54) is 7.11 Å². The molecular weight excluding hydrogens is 457 g/mol. The molecule has 0 aliphatic carbocycles. The first kappa shape index (κ1) is 23.2. The highest BCUT2D eigenvalue weighted by Crippen LogP contribution is 2.29. The molecule has 2 aromatic carbocycles. The lowest BCUT2D eigenvalue weighted by atomic mass is 10.1. The normalized spacial score (nSPS) is 11.9. The van der Waals surface area contributed by atoms with Crippen molar-refractivity contribution in [2.75, 3.05) is 12.4 Å². The lowest BCUT2D eigenvalue weighted by Gasteiger charge is -2.28. The summed E-state index contributed by atoms with van der Waals surface area (Å²) in [5.41, 5.74) is 1.98. The highest BCUT2D eigenvalue weighted by molar-refractivity contribution is 7.80. The van der Waals surface area contributed by atoms with Gasteiger partial charge in [-0.3, -0.25) is 4.79 Å². The van der Waals surface area contributed by atoms with Crippen LogP contribution in [-0.2, 0) is 4.74 Å². The van der Waals surface area contributed by atoms with Crippen molar-refractivity contribution in [3.05, 3.63) is 65.2 Å². The van der Waals surface area contributed by atoms with Crippen LogP contribution in [0, 0.1) is 6.92 Å². The van der Waals surface area contributed by atoms with E-state index < -0.39 is 21.8 Å². The van der Waals surface area contributed by atoms with Crippen molar-refractivity contribution in [3.63, 3.8) is 0 Å². The Kier molecular flexibility index (Phi) is 8.10. The number of hydrogen-bond donors (Lipinski definition) is 3. The Hall–Kier alpha value is -2.06. The number of hydrogen-bond acceptors (Lipinski definition) is 4. The summed E-state index contributed by atoms with van der Waals surface area (Å²) in [5.74, 6) is -0.989. The molecule has 154 valence electrons. The number of amides is 1. The van der Waals surface area contributed by atoms with Crippen LogP contribution in [0.15, 0.2) is 48.5 Å². The summed E-state index contributed by atoms with van der Waals surface area (Å²) in [6, 6.07) is 13.5. The topological polar surface area (TPSA) is 79.5 Å². The van der Waals surface area contributed by atoms with Gasteiger partial charge in [-0.2, -0.15) is 0 Å². The van der Waals surface area contributed by atoms with Crippen LogP contribution < -0.4 is 16.0 Å². The van der Waals surface area contributed by atoms with Gasteiger partial charge in [0.05, 0.1) is 18.4 Å². The van der Waals surface area contributed by atoms with Gasteiger partial charge in [-0.1, -0.05) is 64.6 Å². The van der Waals surface area contributed by atoms with Gasteiger partial charge in [0.25, 0.3) is 5.91 Å².